The van der Waals surface area contributed by atoms with Crippen LogP contribution in [-0.2, 0) is 23.7 Å². The number of nitrogens with one attached hydrogen (secondary N) is 2. The lowest BCUT2D eigenvalue weighted by molar-refractivity contribution is -0.137. The zero-order chi connectivity index (χ0) is 27.5. The minimum atomic E-state index is -4.54. The quantitative estimate of drug-likeness (QED) is 0.215. The van der Waals surface area contributed by atoms with Crippen LogP contribution in [0.5, 0.6) is 11.5 Å². The number of aliphatic hydroxyl groups is 1. The standard InChI is InChI=1S/C13H12F3NO3.C11H10F3NO2/c1-3-20-12(18)11-6-8-9(13(14,15)16)4-7(19-2)5-10(8)17-11;1-17-7-3-9(11(12,13)14)8-2-6(5-16)15-10(8)4-7/h4-6,17H,3H2,1-2H3;2-4,15-16H,5H2,1H3. The zero-order valence-corrected chi connectivity index (χ0v) is 19.7. The number of aliphatic hydroxyl groups excluding tert-OH is 1. The first-order chi connectivity index (χ1) is 17.3. The summed E-state index contributed by atoms with van der Waals surface area (Å²) >= 11 is 0. The summed E-state index contributed by atoms with van der Waals surface area (Å²) in [7, 11) is 2.58. The Morgan fingerprint density at radius 1 is 0.811 bits per heavy atom. The third-order valence-electron chi connectivity index (χ3n) is 5.23. The van der Waals surface area contributed by atoms with Crippen molar-refractivity contribution in [2.24, 2.45) is 0 Å². The molecular weight excluding hydrogens is 510 g/mol. The van der Waals surface area contributed by atoms with Crippen LogP contribution in [0.1, 0.15) is 34.2 Å². The number of aromatic nitrogens is 2. The molecule has 37 heavy (non-hydrogen) atoms. The van der Waals surface area contributed by atoms with Crippen LogP contribution in [0.25, 0.3) is 21.8 Å². The second-order valence-corrected chi connectivity index (χ2v) is 7.62. The number of esters is 1. The number of fused-ring (bicyclic) bond motifs is 2. The monoisotopic (exact) mass is 532 g/mol. The lowest BCUT2D eigenvalue weighted by Crippen LogP contribution is -2.05. The van der Waals surface area contributed by atoms with Crippen molar-refractivity contribution in [3.8, 4) is 11.5 Å². The van der Waals surface area contributed by atoms with Gasteiger partial charge in [-0.15, -0.1) is 0 Å². The molecule has 2 aromatic carbocycles. The van der Waals surface area contributed by atoms with Crippen molar-refractivity contribution in [2.75, 3.05) is 20.8 Å². The Labute approximate surface area is 205 Å². The van der Waals surface area contributed by atoms with Crippen LogP contribution in [0.15, 0.2) is 36.4 Å². The van der Waals surface area contributed by atoms with Crippen molar-refractivity contribution in [1.29, 1.82) is 0 Å². The Bertz CT molecular complexity index is 1400. The van der Waals surface area contributed by atoms with Crippen LogP contribution in [0.3, 0.4) is 0 Å². The van der Waals surface area contributed by atoms with Crippen LogP contribution < -0.4 is 9.47 Å². The summed E-state index contributed by atoms with van der Waals surface area (Å²) in [6, 6.07) is 7.12. The van der Waals surface area contributed by atoms with E-state index in [1.165, 1.54) is 32.4 Å². The third kappa shape index (κ3) is 6.10. The predicted molar refractivity (Wildman–Crippen MR) is 122 cm³/mol. The van der Waals surface area contributed by atoms with Crippen LogP contribution >= 0.6 is 0 Å². The molecule has 13 heteroatoms. The molecule has 2 aromatic heterocycles. The molecule has 3 N–H and O–H groups in total. The van der Waals surface area contributed by atoms with E-state index in [2.05, 4.69) is 9.97 Å². The van der Waals surface area contributed by atoms with Crippen LogP contribution in [0.2, 0.25) is 0 Å². The molecule has 0 radical (unpaired) electrons. The summed E-state index contributed by atoms with van der Waals surface area (Å²) in [5.41, 5.74) is -0.874. The van der Waals surface area contributed by atoms with Crippen molar-refractivity contribution in [2.45, 2.75) is 25.9 Å². The second kappa shape index (κ2) is 10.6. The number of benzene rings is 2. The molecule has 4 rings (SSSR count). The maximum absolute atomic E-state index is 13.0. The summed E-state index contributed by atoms with van der Waals surface area (Å²) in [5.74, 6) is -0.519. The van der Waals surface area contributed by atoms with Gasteiger partial charge in [-0.2, -0.15) is 26.3 Å². The van der Waals surface area contributed by atoms with Gasteiger partial charge in [0.05, 0.1) is 44.1 Å². The first kappa shape index (κ1) is 27.7. The van der Waals surface area contributed by atoms with Gasteiger partial charge in [0.2, 0.25) is 0 Å². The number of hydrogen-bond acceptors (Lipinski definition) is 5. The van der Waals surface area contributed by atoms with Crippen molar-refractivity contribution in [3.63, 3.8) is 0 Å². The van der Waals surface area contributed by atoms with Gasteiger partial charge in [0.15, 0.2) is 0 Å². The molecule has 0 fully saturated rings. The molecular formula is C24H22F6N2O5. The highest BCUT2D eigenvalue weighted by Crippen LogP contribution is 2.39. The summed E-state index contributed by atoms with van der Waals surface area (Å²) in [4.78, 5) is 16.9. The van der Waals surface area contributed by atoms with Crippen molar-refractivity contribution < 1.29 is 50.5 Å². The molecule has 0 atom stereocenters. The molecule has 4 aromatic rings. The van der Waals surface area contributed by atoms with E-state index in [4.69, 9.17) is 19.3 Å². The van der Waals surface area contributed by atoms with Crippen LogP contribution in [0.4, 0.5) is 26.3 Å². The van der Waals surface area contributed by atoms with Crippen molar-refractivity contribution in [3.05, 3.63) is 58.9 Å². The molecule has 2 heterocycles. The number of hydrogen-bond donors (Lipinski definition) is 3. The summed E-state index contributed by atoms with van der Waals surface area (Å²) in [5, 5.41) is 8.85. The molecule has 0 amide bonds. The lowest BCUT2D eigenvalue weighted by atomic mass is 10.1. The Kier molecular flexibility index (Phi) is 7.96. The van der Waals surface area contributed by atoms with E-state index >= 15 is 0 Å². The minimum absolute atomic E-state index is 0.0272. The van der Waals surface area contributed by atoms with Gasteiger partial charge >= 0.3 is 18.3 Å². The van der Waals surface area contributed by atoms with E-state index in [-0.39, 0.29) is 46.7 Å². The number of H-pyrrole nitrogens is 2. The Morgan fingerprint density at radius 2 is 1.30 bits per heavy atom. The number of halogens is 6. The zero-order valence-electron chi connectivity index (χ0n) is 19.7. The first-order valence-corrected chi connectivity index (χ1v) is 10.6. The summed E-state index contributed by atoms with van der Waals surface area (Å²) < 4.78 is 91.9. The second-order valence-electron chi connectivity index (χ2n) is 7.62. The lowest BCUT2D eigenvalue weighted by Gasteiger charge is -2.10. The number of aromatic amines is 2. The van der Waals surface area contributed by atoms with Crippen LogP contribution in [0, 0.1) is 0 Å². The average Bonchev–Trinajstić information content (AvgIpc) is 3.45. The molecule has 0 aliphatic rings. The highest BCUT2D eigenvalue weighted by atomic mass is 19.4. The van der Waals surface area contributed by atoms with E-state index in [1.54, 1.807) is 6.92 Å². The molecule has 0 aliphatic heterocycles. The van der Waals surface area contributed by atoms with E-state index in [9.17, 15) is 31.1 Å². The van der Waals surface area contributed by atoms with Gasteiger partial charge in [0.25, 0.3) is 0 Å². The molecule has 0 saturated carbocycles. The van der Waals surface area contributed by atoms with E-state index in [0.29, 0.717) is 11.2 Å². The molecule has 0 saturated heterocycles. The summed E-state index contributed by atoms with van der Waals surface area (Å²) in [6.07, 6.45) is -9.00. The Morgan fingerprint density at radius 3 is 1.73 bits per heavy atom. The van der Waals surface area contributed by atoms with Crippen molar-refractivity contribution >= 4 is 27.8 Å². The highest BCUT2D eigenvalue weighted by molar-refractivity contribution is 5.96. The highest BCUT2D eigenvalue weighted by Gasteiger charge is 2.35. The smallest absolute Gasteiger partial charge is 0.417 e. The fraction of sp³-hybridized carbons (Fsp3) is 0.292. The van der Waals surface area contributed by atoms with E-state index in [1.807, 2.05) is 0 Å². The van der Waals surface area contributed by atoms with Gasteiger partial charge in [0.1, 0.15) is 17.2 Å². The predicted octanol–water partition coefficient (Wildman–Crippen LogP) is 6.06. The Balaban J connectivity index is 0.000000208. The van der Waals surface area contributed by atoms with E-state index < -0.39 is 29.4 Å². The topological polar surface area (TPSA) is 96.6 Å². The fourth-order valence-electron chi connectivity index (χ4n) is 3.59. The van der Waals surface area contributed by atoms with Gasteiger partial charge < -0.3 is 29.3 Å². The number of alkyl halides is 6. The maximum Gasteiger partial charge on any atom is 0.417 e. The molecule has 0 aliphatic carbocycles. The molecule has 7 nitrogen and oxygen atoms in total. The molecule has 0 bridgehead atoms. The van der Waals surface area contributed by atoms with E-state index in [0.717, 1.165) is 18.2 Å². The molecule has 0 unspecified atom stereocenters. The number of carbonyl (C=O) groups is 1. The minimum Gasteiger partial charge on any atom is -0.497 e. The maximum atomic E-state index is 13.0. The number of methoxy groups -OCH3 is 2. The molecule has 0 spiro atoms. The SMILES string of the molecule is CCOC(=O)c1cc2c(C(F)(F)F)cc(OC)cc2[nH]1.COc1cc(C(F)(F)F)c2cc(CO)[nH]c2c1. The van der Waals surface area contributed by atoms with Gasteiger partial charge in [-0.25, -0.2) is 4.79 Å². The normalized spacial score (nSPS) is 11.8. The van der Waals surface area contributed by atoms with Gasteiger partial charge in [-0.3, -0.25) is 0 Å². The average molecular weight is 532 g/mol. The number of rotatable bonds is 5. The first-order valence-electron chi connectivity index (χ1n) is 10.6. The van der Waals surface area contributed by atoms with Gasteiger partial charge in [-0.1, -0.05) is 0 Å². The third-order valence-corrected chi connectivity index (χ3v) is 5.23. The van der Waals surface area contributed by atoms with Gasteiger partial charge in [0, 0.05) is 34.1 Å². The van der Waals surface area contributed by atoms with Gasteiger partial charge in [-0.05, 0) is 31.2 Å². The number of ether oxygens (including phenoxy) is 3. The Hall–Kier alpha value is -3.87. The molecule has 200 valence electrons. The van der Waals surface area contributed by atoms with Crippen LogP contribution in [-0.4, -0.2) is 41.9 Å². The van der Waals surface area contributed by atoms with Crippen molar-refractivity contribution in [1.82, 2.24) is 9.97 Å². The largest absolute Gasteiger partial charge is 0.497 e. The number of carbonyl (C=O) groups excluding carboxylic acids is 1. The summed E-state index contributed by atoms with van der Waals surface area (Å²) in [6.45, 7) is 1.42. The fourth-order valence-corrected chi connectivity index (χ4v) is 3.59.